The number of nitrogens with two attached hydrogens (primary N) is 1. The Morgan fingerprint density at radius 2 is 1.70 bits per heavy atom. The van der Waals surface area contributed by atoms with Gasteiger partial charge in [0.15, 0.2) is 0 Å². The molecule has 20 heavy (non-hydrogen) atoms. The summed E-state index contributed by atoms with van der Waals surface area (Å²) in [5.74, 6) is -0.860. The third kappa shape index (κ3) is 3.62. The monoisotopic (exact) mass is 312 g/mol. The Hall–Kier alpha value is -1.78. The van der Waals surface area contributed by atoms with Crippen molar-refractivity contribution in [2.24, 2.45) is 0 Å². The molecular formula is C14H11Cl2FN2O. The Labute approximate surface area is 125 Å². The molecule has 2 aromatic rings. The molecule has 0 aliphatic rings. The highest BCUT2D eigenvalue weighted by Gasteiger charge is 2.12. The zero-order valence-electron chi connectivity index (χ0n) is 10.3. The number of carbonyl (C=O) groups excluding carboxylic acids is 1. The highest BCUT2D eigenvalue weighted by Crippen LogP contribution is 2.31. The Morgan fingerprint density at radius 3 is 2.25 bits per heavy atom. The number of hydrogen-bond acceptors (Lipinski definition) is 2. The van der Waals surface area contributed by atoms with Crippen molar-refractivity contribution in [3.63, 3.8) is 0 Å². The van der Waals surface area contributed by atoms with E-state index in [1.54, 1.807) is 24.3 Å². The van der Waals surface area contributed by atoms with Gasteiger partial charge in [-0.2, -0.15) is 0 Å². The number of benzene rings is 2. The molecule has 0 heterocycles. The molecule has 0 aliphatic heterocycles. The predicted octanol–water partition coefficient (Wildman–Crippen LogP) is 3.90. The van der Waals surface area contributed by atoms with E-state index >= 15 is 0 Å². The van der Waals surface area contributed by atoms with Crippen LogP contribution < -0.4 is 11.1 Å². The minimum absolute atomic E-state index is 0.0562. The quantitative estimate of drug-likeness (QED) is 0.845. The van der Waals surface area contributed by atoms with E-state index in [9.17, 15) is 9.18 Å². The Bertz CT molecular complexity index is 621. The van der Waals surface area contributed by atoms with Crippen molar-refractivity contribution in [2.45, 2.75) is 6.42 Å². The van der Waals surface area contributed by atoms with Gasteiger partial charge in [0, 0.05) is 5.69 Å². The van der Waals surface area contributed by atoms with Crippen molar-refractivity contribution >= 4 is 40.5 Å². The van der Waals surface area contributed by atoms with Gasteiger partial charge in [-0.3, -0.25) is 4.79 Å². The lowest BCUT2D eigenvalue weighted by atomic mass is 10.1. The first kappa shape index (κ1) is 14.6. The molecule has 0 saturated heterocycles. The Balaban J connectivity index is 2.10. The summed E-state index contributed by atoms with van der Waals surface area (Å²) in [7, 11) is 0. The largest absolute Gasteiger partial charge is 0.399 e. The minimum Gasteiger partial charge on any atom is -0.399 e. The van der Waals surface area contributed by atoms with E-state index in [0.29, 0.717) is 5.69 Å². The van der Waals surface area contributed by atoms with Gasteiger partial charge in [-0.15, -0.1) is 0 Å². The molecule has 0 unspecified atom stereocenters. The zero-order valence-corrected chi connectivity index (χ0v) is 11.8. The third-order valence-electron chi connectivity index (χ3n) is 2.62. The Morgan fingerprint density at radius 1 is 1.15 bits per heavy atom. The van der Waals surface area contributed by atoms with E-state index in [1.807, 2.05) is 0 Å². The van der Waals surface area contributed by atoms with Gasteiger partial charge in [-0.1, -0.05) is 35.3 Å². The maximum Gasteiger partial charge on any atom is 0.228 e. The van der Waals surface area contributed by atoms with Crippen LogP contribution in [0.5, 0.6) is 0 Å². The first-order valence-electron chi connectivity index (χ1n) is 5.74. The summed E-state index contributed by atoms with van der Waals surface area (Å²) >= 11 is 11.7. The molecule has 104 valence electrons. The van der Waals surface area contributed by atoms with Crippen LogP contribution in [0.15, 0.2) is 36.4 Å². The van der Waals surface area contributed by atoms with Gasteiger partial charge in [0.1, 0.15) is 5.82 Å². The average Bonchev–Trinajstić information content (AvgIpc) is 2.36. The van der Waals surface area contributed by atoms with E-state index in [0.717, 1.165) is 17.7 Å². The van der Waals surface area contributed by atoms with Gasteiger partial charge in [-0.05, 0) is 29.8 Å². The lowest BCUT2D eigenvalue weighted by molar-refractivity contribution is -0.115. The molecule has 0 atom stereocenters. The zero-order chi connectivity index (χ0) is 14.7. The number of nitrogens with one attached hydrogen (secondary N) is 1. The van der Waals surface area contributed by atoms with Crippen LogP contribution in [0.1, 0.15) is 5.56 Å². The molecule has 0 aromatic heterocycles. The molecule has 0 fully saturated rings. The van der Waals surface area contributed by atoms with Crippen LogP contribution in [0.3, 0.4) is 0 Å². The van der Waals surface area contributed by atoms with Crippen LogP contribution in [0.2, 0.25) is 10.0 Å². The van der Waals surface area contributed by atoms with Crippen molar-refractivity contribution in [3.8, 4) is 0 Å². The molecule has 6 heteroatoms. The lowest BCUT2D eigenvalue weighted by Crippen LogP contribution is -2.15. The highest BCUT2D eigenvalue weighted by atomic mass is 35.5. The van der Waals surface area contributed by atoms with E-state index in [1.165, 1.54) is 0 Å². The van der Waals surface area contributed by atoms with Crippen LogP contribution in [-0.2, 0) is 11.2 Å². The van der Waals surface area contributed by atoms with E-state index in [-0.39, 0.29) is 28.1 Å². The number of amides is 1. The maximum atomic E-state index is 13.0. The molecule has 0 radical (unpaired) electrons. The fourth-order valence-electron chi connectivity index (χ4n) is 1.67. The second-order valence-electron chi connectivity index (χ2n) is 4.21. The van der Waals surface area contributed by atoms with E-state index in [4.69, 9.17) is 28.9 Å². The number of anilines is 2. The smallest absolute Gasteiger partial charge is 0.228 e. The molecule has 3 N–H and O–H groups in total. The van der Waals surface area contributed by atoms with Crippen LogP contribution in [0.25, 0.3) is 0 Å². The fraction of sp³-hybridized carbons (Fsp3) is 0.0714. The van der Waals surface area contributed by atoms with Crippen molar-refractivity contribution in [3.05, 3.63) is 57.8 Å². The van der Waals surface area contributed by atoms with Gasteiger partial charge in [0.25, 0.3) is 0 Å². The molecule has 2 rings (SSSR count). The summed E-state index contributed by atoms with van der Waals surface area (Å²) in [6.07, 6.45) is 0.143. The van der Waals surface area contributed by atoms with Crippen molar-refractivity contribution in [1.29, 1.82) is 0 Å². The standard InChI is InChI=1S/C14H11Cl2FN2O/c15-11-6-9(17)7-12(16)14(11)19-13(20)5-8-1-3-10(18)4-2-8/h1-4,6-7H,5,18H2,(H,19,20). The summed E-state index contributed by atoms with van der Waals surface area (Å²) < 4.78 is 13.0. The summed E-state index contributed by atoms with van der Waals surface area (Å²) in [5.41, 5.74) is 7.19. The normalized spacial score (nSPS) is 10.3. The molecule has 1 amide bonds. The van der Waals surface area contributed by atoms with Crippen LogP contribution in [0.4, 0.5) is 15.8 Å². The fourth-order valence-corrected chi connectivity index (χ4v) is 2.22. The lowest BCUT2D eigenvalue weighted by Gasteiger charge is -2.09. The van der Waals surface area contributed by atoms with Crippen LogP contribution in [-0.4, -0.2) is 5.91 Å². The van der Waals surface area contributed by atoms with Crippen LogP contribution in [0, 0.1) is 5.82 Å². The molecule has 0 spiro atoms. The van der Waals surface area contributed by atoms with Crippen molar-refractivity contribution in [2.75, 3.05) is 11.1 Å². The predicted molar refractivity (Wildman–Crippen MR) is 79.6 cm³/mol. The SMILES string of the molecule is Nc1ccc(CC(=O)Nc2c(Cl)cc(F)cc2Cl)cc1. The molecule has 2 aromatic carbocycles. The molecule has 3 nitrogen and oxygen atoms in total. The topological polar surface area (TPSA) is 55.1 Å². The summed E-state index contributed by atoms with van der Waals surface area (Å²) in [4.78, 5) is 11.9. The summed E-state index contributed by atoms with van der Waals surface area (Å²) in [6, 6.07) is 9.10. The number of hydrogen-bond donors (Lipinski definition) is 2. The van der Waals surface area contributed by atoms with Gasteiger partial charge >= 0.3 is 0 Å². The average molecular weight is 313 g/mol. The molecule has 0 aliphatic carbocycles. The second-order valence-corrected chi connectivity index (χ2v) is 5.03. The number of halogens is 3. The number of rotatable bonds is 3. The summed E-state index contributed by atoms with van der Waals surface area (Å²) in [5, 5.41) is 2.68. The molecule has 0 bridgehead atoms. The molecular weight excluding hydrogens is 302 g/mol. The van der Waals surface area contributed by atoms with Crippen molar-refractivity contribution < 1.29 is 9.18 Å². The van der Waals surface area contributed by atoms with Gasteiger partial charge < -0.3 is 11.1 Å². The second kappa shape index (κ2) is 6.11. The summed E-state index contributed by atoms with van der Waals surface area (Å²) in [6.45, 7) is 0. The van der Waals surface area contributed by atoms with Gasteiger partial charge in [-0.25, -0.2) is 4.39 Å². The highest BCUT2D eigenvalue weighted by molar-refractivity contribution is 6.39. The Kier molecular flexibility index (Phi) is 4.47. The number of carbonyl (C=O) groups is 1. The van der Waals surface area contributed by atoms with E-state index in [2.05, 4.69) is 5.32 Å². The molecule has 0 saturated carbocycles. The van der Waals surface area contributed by atoms with E-state index < -0.39 is 5.82 Å². The maximum absolute atomic E-state index is 13.0. The first-order chi connectivity index (χ1) is 9.45. The minimum atomic E-state index is -0.559. The number of nitrogen functional groups attached to an aromatic ring is 1. The third-order valence-corrected chi connectivity index (χ3v) is 3.21. The first-order valence-corrected chi connectivity index (χ1v) is 6.50. The van der Waals surface area contributed by atoms with Gasteiger partial charge in [0.05, 0.1) is 22.2 Å². The van der Waals surface area contributed by atoms with Crippen molar-refractivity contribution in [1.82, 2.24) is 0 Å². The van der Waals surface area contributed by atoms with Gasteiger partial charge in [0.2, 0.25) is 5.91 Å². The van der Waals surface area contributed by atoms with Crippen LogP contribution >= 0.6 is 23.2 Å².